The Bertz CT molecular complexity index is 1040. The highest BCUT2D eigenvalue weighted by Crippen LogP contribution is 2.31. The van der Waals surface area contributed by atoms with E-state index < -0.39 is 0 Å². The molecule has 0 unspecified atom stereocenters. The third kappa shape index (κ3) is 3.27. The van der Waals surface area contributed by atoms with Gasteiger partial charge in [0.2, 0.25) is 0 Å². The van der Waals surface area contributed by atoms with Gasteiger partial charge >= 0.3 is 0 Å². The lowest BCUT2D eigenvalue weighted by atomic mass is 10.1. The number of amides is 1. The van der Waals surface area contributed by atoms with Crippen molar-refractivity contribution in [3.8, 4) is 0 Å². The van der Waals surface area contributed by atoms with Crippen molar-refractivity contribution in [2.45, 2.75) is 0 Å². The van der Waals surface area contributed by atoms with Gasteiger partial charge in [0.25, 0.3) is 5.91 Å². The first kappa shape index (κ1) is 16.2. The van der Waals surface area contributed by atoms with Crippen LogP contribution in [0.5, 0.6) is 0 Å². The van der Waals surface area contributed by atoms with Crippen LogP contribution in [-0.2, 0) is 4.79 Å². The van der Waals surface area contributed by atoms with Crippen LogP contribution in [0.2, 0.25) is 5.02 Å². The van der Waals surface area contributed by atoms with E-state index >= 15 is 0 Å². The van der Waals surface area contributed by atoms with E-state index in [1.807, 2.05) is 72.8 Å². The number of carbonyl (C=O) groups is 1. The number of carbonyl (C=O) groups excluding carboxylic acids is 1. The molecule has 0 saturated heterocycles. The van der Waals surface area contributed by atoms with Gasteiger partial charge in [0, 0.05) is 16.8 Å². The molecule has 0 fully saturated rings. The van der Waals surface area contributed by atoms with E-state index in [-0.39, 0.29) is 5.91 Å². The van der Waals surface area contributed by atoms with Gasteiger partial charge in [-0.3, -0.25) is 9.79 Å². The van der Waals surface area contributed by atoms with Gasteiger partial charge < -0.3 is 5.32 Å². The maximum atomic E-state index is 12.3. The Morgan fingerprint density at radius 1 is 0.846 bits per heavy atom. The monoisotopic (exact) mass is 359 g/mol. The van der Waals surface area contributed by atoms with Crippen molar-refractivity contribution in [1.29, 1.82) is 0 Å². The predicted molar refractivity (Wildman–Crippen MR) is 106 cm³/mol. The number of rotatable bonds is 3. The summed E-state index contributed by atoms with van der Waals surface area (Å²) in [5.41, 5.74) is 4.23. The maximum Gasteiger partial charge on any atom is 0.275 e. The number of hydrogen-bond donors (Lipinski definition) is 1. The van der Waals surface area contributed by atoms with Crippen molar-refractivity contribution >= 4 is 46.5 Å². The molecule has 126 valence electrons. The van der Waals surface area contributed by atoms with E-state index in [4.69, 9.17) is 11.6 Å². The Hall–Kier alpha value is -3.24. The second kappa shape index (κ2) is 6.94. The first-order valence-corrected chi connectivity index (χ1v) is 8.46. The minimum absolute atomic E-state index is 0.206. The van der Waals surface area contributed by atoms with Gasteiger partial charge in [-0.05, 0) is 35.9 Å². The molecule has 1 aliphatic heterocycles. The van der Waals surface area contributed by atoms with Crippen molar-refractivity contribution in [3.05, 3.63) is 88.9 Å². The van der Waals surface area contributed by atoms with E-state index in [1.54, 1.807) is 6.21 Å². The molecule has 0 radical (unpaired) electrons. The van der Waals surface area contributed by atoms with E-state index in [9.17, 15) is 4.79 Å². The summed E-state index contributed by atoms with van der Waals surface area (Å²) in [6, 6.07) is 22.4. The summed E-state index contributed by atoms with van der Waals surface area (Å²) >= 11 is 5.90. The van der Waals surface area contributed by atoms with Crippen LogP contribution in [0, 0.1) is 0 Å². The Morgan fingerprint density at radius 2 is 1.54 bits per heavy atom. The number of hydrogen-bond acceptors (Lipinski definition) is 3. The predicted octanol–water partition coefficient (Wildman–Crippen LogP) is 5.16. The molecule has 0 spiro atoms. The Labute approximate surface area is 155 Å². The van der Waals surface area contributed by atoms with Gasteiger partial charge in [-0.25, -0.2) is 4.99 Å². The van der Waals surface area contributed by atoms with Gasteiger partial charge in [-0.2, -0.15) is 0 Å². The van der Waals surface area contributed by atoms with E-state index in [0.29, 0.717) is 22.1 Å². The Kier molecular flexibility index (Phi) is 4.33. The summed E-state index contributed by atoms with van der Waals surface area (Å²) in [6.45, 7) is 0. The minimum atomic E-state index is -0.206. The summed E-state index contributed by atoms with van der Waals surface area (Å²) in [7, 11) is 0. The highest BCUT2D eigenvalue weighted by molar-refractivity contribution is 6.54. The standard InChI is InChI=1S/C21H14ClN3O/c22-15-11-9-14(10-12-15)13-23-18-7-3-4-8-19(18)24-20-16-5-1-2-6-17(16)25-21(20)26/h1-13H,(H,24,25,26). The van der Waals surface area contributed by atoms with E-state index in [1.165, 1.54) is 0 Å². The van der Waals surface area contributed by atoms with Crippen molar-refractivity contribution in [1.82, 2.24) is 0 Å². The van der Waals surface area contributed by atoms with Crippen molar-refractivity contribution in [3.63, 3.8) is 0 Å². The molecule has 5 heteroatoms. The molecular weight excluding hydrogens is 346 g/mol. The number of para-hydroxylation sites is 3. The van der Waals surface area contributed by atoms with Crippen molar-refractivity contribution in [2.24, 2.45) is 9.98 Å². The molecule has 0 saturated carbocycles. The second-order valence-electron chi connectivity index (χ2n) is 5.76. The fourth-order valence-corrected chi connectivity index (χ4v) is 2.82. The van der Waals surface area contributed by atoms with Crippen molar-refractivity contribution < 1.29 is 4.79 Å². The van der Waals surface area contributed by atoms with Crippen LogP contribution in [-0.4, -0.2) is 17.8 Å². The molecule has 4 rings (SSSR count). The number of fused-ring (bicyclic) bond motifs is 1. The molecule has 1 aliphatic rings. The van der Waals surface area contributed by atoms with Crippen LogP contribution in [0.1, 0.15) is 11.1 Å². The van der Waals surface area contributed by atoms with Crippen LogP contribution in [0.15, 0.2) is 82.8 Å². The molecule has 0 bridgehead atoms. The van der Waals surface area contributed by atoms with Gasteiger partial charge in [0.05, 0.1) is 17.1 Å². The molecule has 3 aromatic carbocycles. The van der Waals surface area contributed by atoms with Crippen LogP contribution in [0.3, 0.4) is 0 Å². The highest BCUT2D eigenvalue weighted by Gasteiger charge is 2.25. The van der Waals surface area contributed by atoms with Crippen LogP contribution in [0.4, 0.5) is 17.1 Å². The fourth-order valence-electron chi connectivity index (χ4n) is 2.69. The molecule has 0 atom stereocenters. The van der Waals surface area contributed by atoms with Crippen molar-refractivity contribution in [2.75, 3.05) is 5.32 Å². The third-order valence-corrected chi connectivity index (χ3v) is 4.23. The Balaban J connectivity index is 1.71. The maximum absolute atomic E-state index is 12.3. The summed E-state index contributed by atoms with van der Waals surface area (Å²) in [4.78, 5) is 21.4. The fraction of sp³-hybridized carbons (Fsp3) is 0. The average Bonchev–Trinajstić information content (AvgIpc) is 2.98. The topological polar surface area (TPSA) is 53.8 Å². The second-order valence-corrected chi connectivity index (χ2v) is 6.20. The molecule has 1 amide bonds. The first-order chi connectivity index (χ1) is 12.7. The van der Waals surface area contributed by atoms with Crippen LogP contribution >= 0.6 is 11.6 Å². The normalized spacial score (nSPS) is 14.7. The summed E-state index contributed by atoms with van der Waals surface area (Å²) in [5.74, 6) is -0.206. The zero-order chi connectivity index (χ0) is 17.9. The number of benzene rings is 3. The summed E-state index contributed by atoms with van der Waals surface area (Å²) < 4.78 is 0. The zero-order valence-electron chi connectivity index (χ0n) is 13.7. The third-order valence-electron chi connectivity index (χ3n) is 3.98. The number of nitrogens with zero attached hydrogens (tertiary/aromatic N) is 2. The molecule has 0 aliphatic carbocycles. The Morgan fingerprint density at radius 3 is 2.35 bits per heavy atom. The van der Waals surface area contributed by atoms with Gasteiger partial charge in [0.15, 0.2) is 0 Å². The number of aliphatic imine (C=N–C) groups is 2. The van der Waals surface area contributed by atoms with Gasteiger partial charge in [0.1, 0.15) is 5.71 Å². The smallest absolute Gasteiger partial charge is 0.275 e. The molecular formula is C21H14ClN3O. The molecule has 1 heterocycles. The molecule has 4 nitrogen and oxygen atoms in total. The number of halogens is 1. The molecule has 3 aromatic rings. The lowest BCUT2D eigenvalue weighted by molar-refractivity contribution is -0.110. The zero-order valence-corrected chi connectivity index (χ0v) is 14.4. The average molecular weight is 360 g/mol. The van der Waals surface area contributed by atoms with E-state index in [0.717, 1.165) is 16.8 Å². The minimum Gasteiger partial charge on any atom is -0.320 e. The highest BCUT2D eigenvalue weighted by atomic mass is 35.5. The first-order valence-electron chi connectivity index (χ1n) is 8.09. The SMILES string of the molecule is O=C1Nc2ccccc2C1=Nc1ccccc1N=Cc1ccc(Cl)cc1. The molecule has 1 N–H and O–H groups in total. The lowest BCUT2D eigenvalue weighted by Crippen LogP contribution is -2.13. The van der Waals surface area contributed by atoms with Crippen LogP contribution < -0.4 is 5.32 Å². The summed E-state index contributed by atoms with van der Waals surface area (Å²) in [6.07, 6.45) is 1.75. The number of anilines is 1. The van der Waals surface area contributed by atoms with E-state index in [2.05, 4.69) is 15.3 Å². The lowest BCUT2D eigenvalue weighted by Gasteiger charge is -2.02. The molecule has 26 heavy (non-hydrogen) atoms. The largest absolute Gasteiger partial charge is 0.320 e. The van der Waals surface area contributed by atoms with Crippen LogP contribution in [0.25, 0.3) is 0 Å². The van der Waals surface area contributed by atoms with Gasteiger partial charge in [-0.15, -0.1) is 0 Å². The molecule has 0 aromatic heterocycles. The number of nitrogens with one attached hydrogen (secondary N) is 1. The van der Waals surface area contributed by atoms with Gasteiger partial charge in [-0.1, -0.05) is 54.1 Å². The quantitative estimate of drug-likeness (QED) is 0.645. The summed E-state index contributed by atoms with van der Waals surface area (Å²) in [5, 5.41) is 3.51.